The molecule has 0 unspecified atom stereocenters. The zero-order valence-corrected chi connectivity index (χ0v) is 17.3. The summed E-state index contributed by atoms with van der Waals surface area (Å²) in [5, 5.41) is 2.96. The molecule has 2 aliphatic rings. The molecule has 2 fully saturated rings. The molecular weight excluding hydrogens is 352 g/mol. The standard InChI is InChI=1S/C22H34N4O2/c1-3-24(4-2)21(27)20(18-10-8-9-11-18)25-14-16-26(17-15-25)22(28)23-19-12-6-5-7-13-19/h5-7,12-13,18,20H,3-4,8-11,14-17H2,1-2H3,(H,23,28)/t20-/m1/s1. The predicted octanol–water partition coefficient (Wildman–Crippen LogP) is 3.26. The summed E-state index contributed by atoms with van der Waals surface area (Å²) in [4.78, 5) is 32.0. The van der Waals surface area contributed by atoms with Crippen LogP contribution in [0.15, 0.2) is 30.3 Å². The van der Waals surface area contributed by atoms with E-state index < -0.39 is 0 Å². The number of carbonyl (C=O) groups excluding carboxylic acids is 2. The van der Waals surface area contributed by atoms with Crippen molar-refractivity contribution in [2.24, 2.45) is 5.92 Å². The van der Waals surface area contributed by atoms with Crippen LogP contribution in [0.2, 0.25) is 0 Å². The Labute approximate surface area is 168 Å². The van der Waals surface area contributed by atoms with Crippen LogP contribution in [0.3, 0.4) is 0 Å². The molecule has 28 heavy (non-hydrogen) atoms. The molecule has 1 aliphatic carbocycles. The maximum absolute atomic E-state index is 13.2. The summed E-state index contributed by atoms with van der Waals surface area (Å²) < 4.78 is 0. The predicted molar refractivity (Wildman–Crippen MR) is 112 cm³/mol. The molecule has 0 radical (unpaired) electrons. The molecule has 1 aromatic rings. The van der Waals surface area contributed by atoms with Gasteiger partial charge in [-0.3, -0.25) is 9.69 Å². The van der Waals surface area contributed by atoms with Crippen LogP contribution in [0.5, 0.6) is 0 Å². The molecule has 154 valence electrons. The third-order valence-electron chi connectivity index (χ3n) is 6.19. The van der Waals surface area contributed by atoms with Crippen LogP contribution < -0.4 is 5.32 Å². The van der Waals surface area contributed by atoms with Gasteiger partial charge in [0.05, 0.1) is 6.04 Å². The van der Waals surface area contributed by atoms with Gasteiger partial charge in [-0.2, -0.15) is 0 Å². The van der Waals surface area contributed by atoms with Crippen molar-refractivity contribution >= 4 is 17.6 Å². The van der Waals surface area contributed by atoms with E-state index in [0.717, 1.165) is 44.7 Å². The van der Waals surface area contributed by atoms with Crippen LogP contribution in [0.1, 0.15) is 39.5 Å². The normalized spacial score (nSPS) is 19.4. The van der Waals surface area contributed by atoms with Crippen LogP contribution in [0.4, 0.5) is 10.5 Å². The molecule has 1 aliphatic heterocycles. The summed E-state index contributed by atoms with van der Waals surface area (Å²) >= 11 is 0. The summed E-state index contributed by atoms with van der Waals surface area (Å²) in [6.45, 7) is 8.47. The van der Waals surface area contributed by atoms with Crippen LogP contribution in [-0.2, 0) is 4.79 Å². The fraction of sp³-hybridized carbons (Fsp3) is 0.636. The molecule has 1 aromatic carbocycles. The fourth-order valence-corrected chi connectivity index (χ4v) is 4.58. The van der Waals surface area contributed by atoms with E-state index in [1.165, 1.54) is 12.8 Å². The number of rotatable bonds is 6. The Morgan fingerprint density at radius 3 is 2.21 bits per heavy atom. The molecule has 1 atom stereocenters. The number of para-hydroxylation sites is 1. The van der Waals surface area contributed by atoms with Crippen molar-refractivity contribution < 1.29 is 9.59 Å². The molecule has 3 amide bonds. The van der Waals surface area contributed by atoms with Gasteiger partial charge in [-0.25, -0.2) is 4.79 Å². The van der Waals surface area contributed by atoms with E-state index in [-0.39, 0.29) is 18.0 Å². The minimum atomic E-state index is -0.0571. The first-order valence-electron chi connectivity index (χ1n) is 10.8. The van der Waals surface area contributed by atoms with Crippen LogP contribution in [0.25, 0.3) is 0 Å². The van der Waals surface area contributed by atoms with Gasteiger partial charge in [0.2, 0.25) is 5.91 Å². The first kappa shape index (κ1) is 20.6. The summed E-state index contributed by atoms with van der Waals surface area (Å²) in [7, 11) is 0. The van der Waals surface area contributed by atoms with Gasteiger partial charge in [0.15, 0.2) is 0 Å². The maximum Gasteiger partial charge on any atom is 0.321 e. The fourth-order valence-electron chi connectivity index (χ4n) is 4.58. The van der Waals surface area contributed by atoms with Crippen molar-refractivity contribution in [2.75, 3.05) is 44.6 Å². The Hall–Kier alpha value is -2.08. The highest BCUT2D eigenvalue weighted by atomic mass is 16.2. The highest BCUT2D eigenvalue weighted by molar-refractivity contribution is 5.89. The quantitative estimate of drug-likeness (QED) is 0.816. The SMILES string of the molecule is CCN(CC)C(=O)[C@@H](C1CCCC1)N1CCN(C(=O)Nc2ccccc2)CC1. The summed E-state index contributed by atoms with van der Waals surface area (Å²) in [6, 6.07) is 9.47. The molecule has 6 nitrogen and oxygen atoms in total. The molecule has 6 heteroatoms. The topological polar surface area (TPSA) is 55.9 Å². The second kappa shape index (κ2) is 9.92. The van der Waals surface area contributed by atoms with Gasteiger partial charge >= 0.3 is 6.03 Å². The summed E-state index contributed by atoms with van der Waals surface area (Å²) in [5.74, 6) is 0.733. The number of benzene rings is 1. The average molecular weight is 387 g/mol. The third-order valence-corrected chi connectivity index (χ3v) is 6.19. The number of hydrogen-bond acceptors (Lipinski definition) is 3. The number of carbonyl (C=O) groups is 2. The smallest absolute Gasteiger partial charge is 0.321 e. The van der Waals surface area contributed by atoms with E-state index in [4.69, 9.17) is 0 Å². The number of piperazine rings is 1. The summed E-state index contributed by atoms with van der Waals surface area (Å²) in [6.07, 6.45) is 4.75. The number of nitrogens with zero attached hydrogens (tertiary/aromatic N) is 3. The van der Waals surface area contributed by atoms with E-state index in [9.17, 15) is 9.59 Å². The number of urea groups is 1. The molecule has 0 bridgehead atoms. The van der Waals surface area contributed by atoms with Crippen molar-refractivity contribution in [1.29, 1.82) is 0 Å². The Bertz CT molecular complexity index is 633. The van der Waals surface area contributed by atoms with Crippen LogP contribution in [0, 0.1) is 5.92 Å². The van der Waals surface area contributed by atoms with Crippen molar-refractivity contribution in [3.8, 4) is 0 Å². The van der Waals surface area contributed by atoms with Gasteiger partial charge in [0, 0.05) is 45.0 Å². The maximum atomic E-state index is 13.2. The van der Waals surface area contributed by atoms with E-state index in [1.54, 1.807) is 0 Å². The lowest BCUT2D eigenvalue weighted by Crippen LogP contribution is -2.58. The first-order chi connectivity index (χ1) is 13.6. The molecule has 0 aromatic heterocycles. The monoisotopic (exact) mass is 386 g/mol. The van der Waals surface area contributed by atoms with Gasteiger partial charge in [-0.05, 0) is 44.7 Å². The zero-order chi connectivity index (χ0) is 19.9. The highest BCUT2D eigenvalue weighted by Crippen LogP contribution is 2.32. The zero-order valence-electron chi connectivity index (χ0n) is 17.3. The largest absolute Gasteiger partial charge is 0.342 e. The number of hydrogen-bond donors (Lipinski definition) is 1. The first-order valence-corrected chi connectivity index (χ1v) is 10.8. The Morgan fingerprint density at radius 1 is 1.04 bits per heavy atom. The molecule has 1 saturated heterocycles. The molecule has 3 rings (SSSR count). The van der Waals surface area contributed by atoms with E-state index in [0.29, 0.717) is 19.0 Å². The average Bonchev–Trinajstić information content (AvgIpc) is 3.24. The highest BCUT2D eigenvalue weighted by Gasteiger charge is 2.38. The van der Waals surface area contributed by atoms with Crippen molar-refractivity contribution in [3.05, 3.63) is 30.3 Å². The van der Waals surface area contributed by atoms with Gasteiger partial charge in [-0.1, -0.05) is 31.0 Å². The van der Waals surface area contributed by atoms with E-state index >= 15 is 0 Å². The second-order valence-electron chi connectivity index (χ2n) is 7.82. The van der Waals surface area contributed by atoms with Crippen LogP contribution in [-0.4, -0.2) is 71.9 Å². The lowest BCUT2D eigenvalue weighted by Gasteiger charge is -2.42. The molecular formula is C22H34N4O2. The van der Waals surface area contributed by atoms with E-state index in [2.05, 4.69) is 24.1 Å². The minimum Gasteiger partial charge on any atom is -0.342 e. The van der Waals surface area contributed by atoms with E-state index in [1.807, 2.05) is 40.1 Å². The lowest BCUT2D eigenvalue weighted by atomic mass is 9.94. The molecule has 1 N–H and O–H groups in total. The number of nitrogens with one attached hydrogen (secondary N) is 1. The van der Waals surface area contributed by atoms with Gasteiger partial charge in [0.1, 0.15) is 0 Å². The lowest BCUT2D eigenvalue weighted by molar-refractivity contribution is -0.139. The van der Waals surface area contributed by atoms with Crippen molar-refractivity contribution in [1.82, 2.24) is 14.7 Å². The van der Waals surface area contributed by atoms with Crippen LogP contribution >= 0.6 is 0 Å². The number of amides is 3. The second-order valence-corrected chi connectivity index (χ2v) is 7.82. The Balaban J connectivity index is 1.61. The number of anilines is 1. The van der Waals surface area contributed by atoms with Crippen molar-refractivity contribution in [2.45, 2.75) is 45.6 Å². The molecule has 1 heterocycles. The minimum absolute atomic E-state index is 0.0262. The third kappa shape index (κ3) is 4.85. The van der Waals surface area contributed by atoms with Gasteiger partial charge in [0.25, 0.3) is 0 Å². The Morgan fingerprint density at radius 2 is 1.64 bits per heavy atom. The Kier molecular flexibility index (Phi) is 7.31. The molecule has 1 saturated carbocycles. The van der Waals surface area contributed by atoms with Crippen molar-refractivity contribution in [3.63, 3.8) is 0 Å². The molecule has 0 spiro atoms. The number of likely N-dealkylation sites (N-methyl/N-ethyl adjacent to an activating group) is 1. The summed E-state index contributed by atoms with van der Waals surface area (Å²) in [5.41, 5.74) is 0.815. The van der Waals surface area contributed by atoms with Gasteiger partial charge in [-0.15, -0.1) is 0 Å². The van der Waals surface area contributed by atoms with Gasteiger partial charge < -0.3 is 15.1 Å².